The molecule has 4 rings (SSSR count). The minimum atomic E-state index is -0.189. The molecule has 0 radical (unpaired) electrons. The van der Waals surface area contributed by atoms with Gasteiger partial charge in [0.05, 0.1) is 15.7 Å². The Morgan fingerprint density at radius 3 is 2.34 bits per heavy atom. The van der Waals surface area contributed by atoms with E-state index in [0.717, 1.165) is 23.2 Å². The molecule has 1 amide bonds. The number of aromatic nitrogens is 1. The number of amides is 1. The smallest absolute Gasteiger partial charge is 0.257 e. The zero-order valence-electron chi connectivity index (χ0n) is 15.2. The molecule has 0 saturated carbocycles. The van der Waals surface area contributed by atoms with Crippen LogP contribution in [0.5, 0.6) is 0 Å². The molecule has 1 N–H and O–H groups in total. The molecule has 0 aliphatic heterocycles. The fourth-order valence-corrected chi connectivity index (χ4v) is 3.91. The Kier molecular flexibility index (Phi) is 5.95. The number of benzene rings is 3. The van der Waals surface area contributed by atoms with Crippen LogP contribution < -0.4 is 5.32 Å². The number of hydrogen-bond acceptors (Lipinski definition) is 3. The molecule has 0 saturated heterocycles. The third-order valence-corrected chi connectivity index (χ3v) is 5.90. The maximum atomic E-state index is 12.5. The monoisotopic (exact) mass is 438 g/mol. The largest absolute Gasteiger partial charge is 0.298 e. The summed E-state index contributed by atoms with van der Waals surface area (Å²) in [4.78, 5) is 17.0. The van der Waals surface area contributed by atoms with Gasteiger partial charge in [-0.1, -0.05) is 71.7 Å². The van der Waals surface area contributed by atoms with Crippen LogP contribution in [0.1, 0.15) is 21.5 Å². The minimum absolute atomic E-state index is 0.189. The summed E-state index contributed by atoms with van der Waals surface area (Å²) in [7, 11) is 0. The maximum Gasteiger partial charge on any atom is 0.257 e. The number of nitrogens with one attached hydrogen (secondary N) is 1. The van der Waals surface area contributed by atoms with Crippen molar-refractivity contribution in [1.29, 1.82) is 0 Å². The molecular weight excluding hydrogens is 423 g/mol. The van der Waals surface area contributed by atoms with E-state index >= 15 is 0 Å². The summed E-state index contributed by atoms with van der Waals surface area (Å²) in [6.07, 6.45) is 0.836. The molecule has 29 heavy (non-hydrogen) atoms. The zero-order valence-corrected chi connectivity index (χ0v) is 17.6. The summed E-state index contributed by atoms with van der Waals surface area (Å²) in [6, 6.07) is 23.2. The topological polar surface area (TPSA) is 42.0 Å². The summed E-state index contributed by atoms with van der Waals surface area (Å²) in [6.45, 7) is 0. The van der Waals surface area contributed by atoms with Gasteiger partial charge in [0.25, 0.3) is 5.91 Å². The van der Waals surface area contributed by atoms with Gasteiger partial charge in [-0.3, -0.25) is 10.1 Å². The van der Waals surface area contributed by atoms with Gasteiger partial charge in [-0.15, -0.1) is 11.3 Å². The van der Waals surface area contributed by atoms with E-state index in [4.69, 9.17) is 23.2 Å². The molecule has 1 aromatic heterocycles. The van der Waals surface area contributed by atoms with Crippen molar-refractivity contribution in [1.82, 2.24) is 4.98 Å². The molecule has 0 atom stereocenters. The van der Waals surface area contributed by atoms with E-state index in [9.17, 15) is 4.79 Å². The standard InChI is InChI=1S/C23H16Cl2N2OS/c24-19-11-10-18(13-20(19)25)21-14-29-23(26-21)27-22(28)17-8-6-16(7-9-17)12-15-4-2-1-3-5-15/h1-11,13-14H,12H2,(H,26,27,28). The second-order valence-corrected chi connectivity index (χ2v) is 8.15. The number of hydrogen-bond donors (Lipinski definition) is 1. The number of thiazole rings is 1. The molecule has 4 aromatic rings. The molecule has 1 heterocycles. The van der Waals surface area contributed by atoms with Crippen molar-refractivity contribution in [2.45, 2.75) is 6.42 Å². The molecule has 0 fully saturated rings. The van der Waals surface area contributed by atoms with Crippen LogP contribution >= 0.6 is 34.5 Å². The molecule has 0 spiro atoms. The Bertz CT molecular complexity index is 1140. The number of nitrogens with zero attached hydrogens (tertiary/aromatic N) is 1. The van der Waals surface area contributed by atoms with Crippen molar-refractivity contribution in [2.24, 2.45) is 0 Å². The average Bonchev–Trinajstić information content (AvgIpc) is 3.20. The van der Waals surface area contributed by atoms with Gasteiger partial charge in [-0.05, 0) is 41.8 Å². The lowest BCUT2D eigenvalue weighted by atomic mass is 10.0. The maximum absolute atomic E-state index is 12.5. The van der Waals surface area contributed by atoms with Crippen molar-refractivity contribution >= 4 is 45.6 Å². The van der Waals surface area contributed by atoms with Crippen molar-refractivity contribution in [3.8, 4) is 11.3 Å². The predicted octanol–water partition coefficient (Wildman–Crippen LogP) is 6.96. The Morgan fingerprint density at radius 1 is 0.897 bits per heavy atom. The summed E-state index contributed by atoms with van der Waals surface area (Å²) in [5.41, 5.74) is 4.57. The molecule has 6 heteroatoms. The minimum Gasteiger partial charge on any atom is -0.298 e. The lowest BCUT2D eigenvalue weighted by molar-refractivity contribution is 0.102. The van der Waals surface area contributed by atoms with E-state index in [1.807, 2.05) is 53.9 Å². The third kappa shape index (κ3) is 4.85. The van der Waals surface area contributed by atoms with Crippen LogP contribution in [0.4, 0.5) is 5.13 Å². The molecule has 0 aliphatic carbocycles. The number of anilines is 1. The second-order valence-electron chi connectivity index (χ2n) is 6.48. The molecule has 0 unspecified atom stereocenters. The first-order chi connectivity index (χ1) is 14.1. The van der Waals surface area contributed by atoms with E-state index in [1.54, 1.807) is 12.1 Å². The molecule has 144 valence electrons. The van der Waals surface area contributed by atoms with E-state index in [2.05, 4.69) is 22.4 Å². The summed E-state index contributed by atoms with van der Waals surface area (Å²) >= 11 is 13.4. The molecule has 0 bridgehead atoms. The molecule has 3 aromatic carbocycles. The van der Waals surface area contributed by atoms with Gasteiger partial charge in [0.2, 0.25) is 0 Å². The summed E-state index contributed by atoms with van der Waals surface area (Å²) in [5, 5.41) is 6.22. The zero-order chi connectivity index (χ0) is 20.2. The Balaban J connectivity index is 1.43. The van der Waals surface area contributed by atoms with Crippen molar-refractivity contribution in [2.75, 3.05) is 5.32 Å². The first kappa shape index (κ1) is 19.6. The second kappa shape index (κ2) is 8.78. The number of carbonyl (C=O) groups excluding carboxylic acids is 1. The molecule has 3 nitrogen and oxygen atoms in total. The van der Waals surface area contributed by atoms with Gasteiger partial charge < -0.3 is 0 Å². The van der Waals surface area contributed by atoms with Crippen LogP contribution in [0.2, 0.25) is 10.0 Å². The van der Waals surface area contributed by atoms with Crippen LogP contribution in [0, 0.1) is 0 Å². The van der Waals surface area contributed by atoms with E-state index < -0.39 is 0 Å². The Hall–Kier alpha value is -2.66. The first-order valence-electron chi connectivity index (χ1n) is 8.93. The molecule has 0 aliphatic rings. The summed E-state index contributed by atoms with van der Waals surface area (Å²) < 4.78 is 0. The van der Waals surface area contributed by atoms with Crippen molar-refractivity contribution in [3.05, 3.63) is 105 Å². The highest BCUT2D eigenvalue weighted by molar-refractivity contribution is 7.14. The summed E-state index contributed by atoms with van der Waals surface area (Å²) in [5.74, 6) is -0.189. The van der Waals surface area contributed by atoms with Gasteiger partial charge in [-0.25, -0.2) is 4.98 Å². The number of halogens is 2. The van der Waals surface area contributed by atoms with Crippen molar-refractivity contribution in [3.63, 3.8) is 0 Å². The average molecular weight is 439 g/mol. The fraction of sp³-hybridized carbons (Fsp3) is 0.0435. The van der Waals surface area contributed by atoms with Gasteiger partial charge in [0, 0.05) is 16.5 Å². The predicted molar refractivity (Wildman–Crippen MR) is 121 cm³/mol. The Labute approximate surface area is 183 Å². The quantitative estimate of drug-likeness (QED) is 0.365. The van der Waals surface area contributed by atoms with Crippen LogP contribution in [-0.2, 0) is 6.42 Å². The van der Waals surface area contributed by atoms with Crippen LogP contribution in [0.15, 0.2) is 78.2 Å². The van der Waals surface area contributed by atoms with Gasteiger partial charge in [0.1, 0.15) is 0 Å². The highest BCUT2D eigenvalue weighted by Gasteiger charge is 2.11. The number of carbonyl (C=O) groups is 1. The van der Waals surface area contributed by atoms with Crippen LogP contribution in [0.25, 0.3) is 11.3 Å². The van der Waals surface area contributed by atoms with Crippen LogP contribution in [0.3, 0.4) is 0 Å². The lowest BCUT2D eigenvalue weighted by Crippen LogP contribution is -2.11. The normalized spacial score (nSPS) is 10.7. The number of rotatable bonds is 5. The van der Waals surface area contributed by atoms with Gasteiger partial charge >= 0.3 is 0 Å². The van der Waals surface area contributed by atoms with E-state index in [1.165, 1.54) is 16.9 Å². The molecular formula is C23H16Cl2N2OS. The first-order valence-corrected chi connectivity index (χ1v) is 10.6. The van der Waals surface area contributed by atoms with Gasteiger partial charge in [0.15, 0.2) is 5.13 Å². The van der Waals surface area contributed by atoms with E-state index in [-0.39, 0.29) is 5.91 Å². The Morgan fingerprint density at radius 2 is 1.62 bits per heavy atom. The fourth-order valence-electron chi connectivity index (χ4n) is 2.89. The highest BCUT2D eigenvalue weighted by atomic mass is 35.5. The lowest BCUT2D eigenvalue weighted by Gasteiger charge is -2.05. The highest BCUT2D eigenvalue weighted by Crippen LogP contribution is 2.30. The SMILES string of the molecule is O=C(Nc1nc(-c2ccc(Cl)c(Cl)c2)cs1)c1ccc(Cc2ccccc2)cc1. The van der Waals surface area contributed by atoms with E-state index in [0.29, 0.717) is 20.7 Å². The van der Waals surface area contributed by atoms with Gasteiger partial charge in [-0.2, -0.15) is 0 Å². The third-order valence-electron chi connectivity index (χ3n) is 4.41. The van der Waals surface area contributed by atoms with Crippen LogP contribution in [-0.4, -0.2) is 10.9 Å². The van der Waals surface area contributed by atoms with Crippen molar-refractivity contribution < 1.29 is 4.79 Å².